The quantitative estimate of drug-likeness (QED) is 0.187. The first-order valence-electron chi connectivity index (χ1n) is 16.2. The molecule has 0 bridgehead atoms. The standard InChI is InChI=1S/C37H48N4O5.ClH/c1-25(2)34(41-20-12-19-38-37(41)45)36(44)39-30(21-28-15-7-5-8-16-28)23-32(42)31(22-29-17-9-6-10-18-29)40-33(43)24-46-35-26(3)13-11-14-27(35)4;/h5-11,13-18,25,30-32,34,42H,12,19-24H2,1-4H3,(H,38,45)(H,39,44)(H,40,43);1H. The zero-order valence-electron chi connectivity index (χ0n) is 27.8. The number of urea groups is 1. The van der Waals surface area contributed by atoms with Crippen molar-refractivity contribution < 1.29 is 24.2 Å². The minimum absolute atomic E-state index is 0. The Labute approximate surface area is 284 Å². The highest BCUT2D eigenvalue weighted by molar-refractivity contribution is 5.88. The lowest BCUT2D eigenvalue weighted by Gasteiger charge is -2.37. The van der Waals surface area contributed by atoms with E-state index in [2.05, 4.69) is 16.0 Å². The van der Waals surface area contributed by atoms with E-state index >= 15 is 0 Å². The van der Waals surface area contributed by atoms with E-state index in [1.165, 1.54) is 0 Å². The predicted molar refractivity (Wildman–Crippen MR) is 187 cm³/mol. The highest BCUT2D eigenvalue weighted by Crippen LogP contribution is 2.22. The third-order valence-electron chi connectivity index (χ3n) is 8.41. The van der Waals surface area contributed by atoms with E-state index in [1.807, 2.05) is 107 Å². The second-order valence-electron chi connectivity index (χ2n) is 12.5. The molecule has 4 atom stereocenters. The van der Waals surface area contributed by atoms with Gasteiger partial charge in [-0.1, -0.05) is 92.7 Å². The summed E-state index contributed by atoms with van der Waals surface area (Å²) < 4.78 is 5.90. The second-order valence-corrected chi connectivity index (χ2v) is 12.5. The number of ether oxygens (including phenoxy) is 1. The highest BCUT2D eigenvalue weighted by atomic mass is 35.5. The number of hydrogen-bond acceptors (Lipinski definition) is 5. The van der Waals surface area contributed by atoms with Gasteiger partial charge in [0.05, 0.1) is 12.1 Å². The maximum absolute atomic E-state index is 13.8. The van der Waals surface area contributed by atoms with Crippen LogP contribution in [-0.2, 0) is 22.4 Å². The van der Waals surface area contributed by atoms with Crippen LogP contribution in [0.1, 0.15) is 48.9 Å². The molecular formula is C37H49ClN4O5. The van der Waals surface area contributed by atoms with Gasteiger partial charge in [0.1, 0.15) is 11.8 Å². The molecule has 1 aliphatic heterocycles. The van der Waals surface area contributed by atoms with Crippen LogP contribution in [0.2, 0.25) is 0 Å². The number of aliphatic hydroxyl groups excluding tert-OH is 1. The average Bonchev–Trinajstić information content (AvgIpc) is 3.02. The Hall–Kier alpha value is -4.08. The Morgan fingerprint density at radius 3 is 2.06 bits per heavy atom. The van der Waals surface area contributed by atoms with Gasteiger partial charge in [-0.2, -0.15) is 0 Å². The van der Waals surface area contributed by atoms with Gasteiger partial charge in [-0.25, -0.2) is 4.79 Å². The van der Waals surface area contributed by atoms with E-state index in [4.69, 9.17) is 4.74 Å². The zero-order chi connectivity index (χ0) is 33.1. The van der Waals surface area contributed by atoms with Crippen LogP contribution >= 0.6 is 12.4 Å². The number of aliphatic hydroxyl groups is 1. The third-order valence-corrected chi connectivity index (χ3v) is 8.41. The summed E-state index contributed by atoms with van der Waals surface area (Å²) >= 11 is 0. The van der Waals surface area contributed by atoms with Gasteiger partial charge in [0.15, 0.2) is 6.61 Å². The Bertz CT molecular complexity index is 1420. The molecule has 1 aliphatic rings. The van der Waals surface area contributed by atoms with Gasteiger partial charge in [0.2, 0.25) is 5.91 Å². The largest absolute Gasteiger partial charge is 0.483 e. The third kappa shape index (κ3) is 11.0. The number of para-hydroxylation sites is 1. The van der Waals surface area contributed by atoms with Crippen molar-refractivity contribution >= 4 is 30.3 Å². The molecular weight excluding hydrogens is 616 g/mol. The Morgan fingerprint density at radius 2 is 1.49 bits per heavy atom. The summed E-state index contributed by atoms with van der Waals surface area (Å²) in [6, 6.07) is 23.3. The summed E-state index contributed by atoms with van der Waals surface area (Å²) in [7, 11) is 0. The first kappa shape index (κ1) is 37.4. The van der Waals surface area contributed by atoms with E-state index in [0.717, 1.165) is 28.7 Å². The van der Waals surface area contributed by atoms with E-state index in [0.29, 0.717) is 31.7 Å². The van der Waals surface area contributed by atoms with Gasteiger partial charge in [-0.15, -0.1) is 12.4 Å². The number of benzene rings is 3. The highest BCUT2D eigenvalue weighted by Gasteiger charge is 2.35. The number of aryl methyl sites for hydroxylation is 2. The maximum atomic E-state index is 13.8. The van der Waals surface area contributed by atoms with Crippen molar-refractivity contribution in [1.29, 1.82) is 0 Å². The SMILES string of the molecule is Cc1cccc(C)c1OCC(=O)NC(Cc1ccccc1)C(O)CC(Cc1ccccc1)NC(=O)C(C(C)C)N1CCCNC1=O.Cl. The molecule has 9 nitrogen and oxygen atoms in total. The fraction of sp³-hybridized carbons (Fsp3) is 0.432. The van der Waals surface area contributed by atoms with E-state index in [9.17, 15) is 19.5 Å². The van der Waals surface area contributed by atoms with Crippen LogP contribution in [-0.4, -0.2) is 71.8 Å². The molecule has 10 heteroatoms. The molecule has 1 heterocycles. The molecule has 4 amide bonds. The number of carbonyl (C=O) groups excluding carboxylic acids is 3. The van der Waals surface area contributed by atoms with Crippen molar-refractivity contribution in [2.75, 3.05) is 19.7 Å². The molecule has 1 saturated heterocycles. The van der Waals surface area contributed by atoms with Crippen LogP contribution < -0.4 is 20.7 Å². The fourth-order valence-corrected chi connectivity index (χ4v) is 6.12. The number of nitrogens with one attached hydrogen (secondary N) is 3. The minimum atomic E-state index is -0.992. The van der Waals surface area contributed by atoms with Crippen LogP contribution in [0.5, 0.6) is 5.75 Å². The molecule has 0 spiro atoms. The Balaban J connectivity index is 0.00000600. The molecule has 47 heavy (non-hydrogen) atoms. The molecule has 4 N–H and O–H groups in total. The minimum Gasteiger partial charge on any atom is -0.483 e. The van der Waals surface area contributed by atoms with Crippen molar-refractivity contribution in [1.82, 2.24) is 20.9 Å². The number of halogens is 1. The van der Waals surface area contributed by atoms with Crippen molar-refractivity contribution in [2.24, 2.45) is 5.92 Å². The number of amides is 4. The molecule has 3 aromatic carbocycles. The van der Waals surface area contributed by atoms with Crippen LogP contribution in [0, 0.1) is 19.8 Å². The molecule has 0 aromatic heterocycles. The predicted octanol–water partition coefficient (Wildman–Crippen LogP) is 4.75. The van der Waals surface area contributed by atoms with Crippen LogP contribution in [0.25, 0.3) is 0 Å². The molecule has 0 radical (unpaired) electrons. The molecule has 0 saturated carbocycles. The van der Waals surface area contributed by atoms with Crippen LogP contribution in [0.3, 0.4) is 0 Å². The van der Waals surface area contributed by atoms with Crippen molar-refractivity contribution in [2.45, 2.75) is 77.6 Å². The number of nitrogens with zero attached hydrogens (tertiary/aromatic N) is 1. The van der Waals surface area contributed by atoms with Gasteiger partial charge in [-0.05, 0) is 67.7 Å². The van der Waals surface area contributed by atoms with Crippen molar-refractivity contribution in [3.63, 3.8) is 0 Å². The fourth-order valence-electron chi connectivity index (χ4n) is 6.12. The average molecular weight is 665 g/mol. The van der Waals surface area contributed by atoms with Gasteiger partial charge >= 0.3 is 6.03 Å². The summed E-state index contributed by atoms with van der Waals surface area (Å²) in [5.74, 6) is -0.0493. The van der Waals surface area contributed by atoms with Crippen molar-refractivity contribution in [3.05, 3.63) is 101 Å². The molecule has 254 valence electrons. The summed E-state index contributed by atoms with van der Waals surface area (Å²) in [6.07, 6.45) is 0.831. The van der Waals surface area contributed by atoms with E-state index in [1.54, 1.807) is 4.90 Å². The van der Waals surface area contributed by atoms with Crippen molar-refractivity contribution in [3.8, 4) is 5.75 Å². The van der Waals surface area contributed by atoms with Crippen LogP contribution in [0.4, 0.5) is 4.79 Å². The summed E-state index contributed by atoms with van der Waals surface area (Å²) in [6.45, 7) is 8.63. The van der Waals surface area contributed by atoms with E-state index in [-0.39, 0.29) is 49.2 Å². The van der Waals surface area contributed by atoms with E-state index < -0.39 is 24.2 Å². The zero-order valence-corrected chi connectivity index (χ0v) is 28.6. The smallest absolute Gasteiger partial charge is 0.318 e. The maximum Gasteiger partial charge on any atom is 0.318 e. The molecule has 3 aromatic rings. The van der Waals surface area contributed by atoms with Crippen LogP contribution in [0.15, 0.2) is 78.9 Å². The number of rotatable bonds is 15. The molecule has 4 rings (SSSR count). The van der Waals surface area contributed by atoms with Gasteiger partial charge in [0.25, 0.3) is 5.91 Å². The first-order chi connectivity index (χ1) is 22.1. The van der Waals surface area contributed by atoms with Gasteiger partial charge in [0, 0.05) is 19.1 Å². The Morgan fingerprint density at radius 1 is 0.894 bits per heavy atom. The number of carbonyl (C=O) groups is 3. The van der Waals surface area contributed by atoms with Gasteiger partial charge < -0.3 is 30.7 Å². The monoisotopic (exact) mass is 664 g/mol. The number of hydrogen-bond donors (Lipinski definition) is 4. The van der Waals surface area contributed by atoms with Gasteiger partial charge in [-0.3, -0.25) is 9.59 Å². The normalized spacial score (nSPS) is 15.4. The lowest BCUT2D eigenvalue weighted by molar-refractivity contribution is -0.128. The summed E-state index contributed by atoms with van der Waals surface area (Å²) in [4.78, 5) is 41.3. The topological polar surface area (TPSA) is 120 Å². The molecule has 0 aliphatic carbocycles. The summed E-state index contributed by atoms with van der Waals surface area (Å²) in [5, 5.41) is 20.7. The summed E-state index contributed by atoms with van der Waals surface area (Å²) in [5.41, 5.74) is 3.84. The first-order valence-corrected chi connectivity index (χ1v) is 16.2. The molecule has 4 unspecified atom stereocenters. The second kappa shape index (κ2) is 18.3. The Kier molecular flexibility index (Phi) is 14.6. The molecule has 1 fully saturated rings. The lowest BCUT2D eigenvalue weighted by atomic mass is 9.92. The lowest BCUT2D eigenvalue weighted by Crippen LogP contribution is -2.59.